The van der Waals surface area contributed by atoms with Gasteiger partial charge in [-0.25, -0.2) is 0 Å². The first kappa shape index (κ1) is 14.8. The van der Waals surface area contributed by atoms with Crippen LogP contribution in [-0.2, 0) is 0 Å². The lowest BCUT2D eigenvalue weighted by atomic mass is 10.0. The highest BCUT2D eigenvalue weighted by atomic mass is 35.5. The lowest BCUT2D eigenvalue weighted by Gasteiger charge is -2.19. The molecule has 17 heavy (non-hydrogen) atoms. The molecule has 0 heterocycles. The molecule has 2 atom stereocenters. The Kier molecular flexibility index (Phi) is 6.97. The Morgan fingerprint density at radius 2 is 2.12 bits per heavy atom. The molecule has 0 saturated carbocycles. The largest absolute Gasteiger partial charge is 0.271 e. The van der Waals surface area contributed by atoms with Gasteiger partial charge in [-0.05, 0) is 24.5 Å². The molecular weight excluding hydrogens is 252 g/mol. The molecule has 0 aliphatic carbocycles. The van der Waals surface area contributed by atoms with Crippen molar-refractivity contribution in [1.29, 1.82) is 0 Å². The summed E-state index contributed by atoms with van der Waals surface area (Å²) in [7, 11) is 0. The van der Waals surface area contributed by atoms with E-state index in [9.17, 15) is 0 Å². The molecule has 3 N–H and O–H groups in total. The first-order chi connectivity index (χ1) is 8.17. The molecule has 0 aromatic heterocycles. The Hall–Kier alpha value is -0.220. The van der Waals surface area contributed by atoms with E-state index in [0.29, 0.717) is 12.0 Å². The minimum Gasteiger partial charge on any atom is -0.271 e. The zero-order chi connectivity index (χ0) is 12.7. The van der Waals surface area contributed by atoms with Gasteiger partial charge in [0.15, 0.2) is 0 Å². The summed E-state index contributed by atoms with van der Waals surface area (Å²) in [4.78, 5) is 1.12. The second-order valence-corrected chi connectivity index (χ2v) is 5.82. The topological polar surface area (TPSA) is 38.0 Å². The molecule has 0 bridgehead atoms. The normalized spacial score (nSPS) is 14.6. The number of hydrogen-bond donors (Lipinski definition) is 2. The molecule has 0 aliphatic heterocycles. The average molecular weight is 273 g/mol. The smallest absolute Gasteiger partial charge is 0.0541 e. The van der Waals surface area contributed by atoms with E-state index in [0.717, 1.165) is 22.1 Å². The lowest BCUT2D eigenvalue weighted by Crippen LogP contribution is -2.38. The van der Waals surface area contributed by atoms with Crippen LogP contribution in [0.15, 0.2) is 29.2 Å². The van der Waals surface area contributed by atoms with Gasteiger partial charge in [-0.2, -0.15) is 0 Å². The Morgan fingerprint density at radius 1 is 1.41 bits per heavy atom. The van der Waals surface area contributed by atoms with Gasteiger partial charge in [0.25, 0.3) is 0 Å². The van der Waals surface area contributed by atoms with E-state index in [2.05, 4.69) is 19.3 Å². The summed E-state index contributed by atoms with van der Waals surface area (Å²) in [5.41, 5.74) is 2.89. The lowest BCUT2D eigenvalue weighted by molar-refractivity contribution is 0.423. The molecule has 96 valence electrons. The fraction of sp³-hybridized carbons (Fsp3) is 0.538. The highest BCUT2D eigenvalue weighted by Crippen LogP contribution is 2.27. The maximum absolute atomic E-state index is 6.11. The fourth-order valence-electron chi connectivity index (χ4n) is 1.59. The zero-order valence-electron chi connectivity index (χ0n) is 10.4. The quantitative estimate of drug-likeness (QED) is 0.452. The molecule has 2 nitrogen and oxygen atoms in total. The van der Waals surface area contributed by atoms with E-state index < -0.39 is 0 Å². The van der Waals surface area contributed by atoms with Gasteiger partial charge in [0.05, 0.1) is 5.02 Å². The average Bonchev–Trinajstić information content (AvgIpc) is 2.35. The molecule has 1 rings (SSSR count). The van der Waals surface area contributed by atoms with Gasteiger partial charge in [-0.3, -0.25) is 11.3 Å². The van der Waals surface area contributed by atoms with Crippen molar-refractivity contribution in [2.24, 2.45) is 11.8 Å². The third kappa shape index (κ3) is 5.30. The van der Waals surface area contributed by atoms with Crippen molar-refractivity contribution in [3.05, 3.63) is 29.3 Å². The standard InChI is InChI=1S/C13H21ClN2S/c1-3-10(2)8-11(16-15)9-17-13-7-5-4-6-12(13)14/h4-7,10-11,16H,3,8-9,15H2,1-2H3. The molecule has 2 unspecified atom stereocenters. The second-order valence-electron chi connectivity index (χ2n) is 4.35. The van der Waals surface area contributed by atoms with Crippen molar-refractivity contribution in [2.45, 2.75) is 37.6 Å². The van der Waals surface area contributed by atoms with Gasteiger partial charge >= 0.3 is 0 Å². The molecule has 0 fully saturated rings. The van der Waals surface area contributed by atoms with Crippen molar-refractivity contribution in [3.63, 3.8) is 0 Å². The van der Waals surface area contributed by atoms with Crippen LogP contribution in [0.5, 0.6) is 0 Å². The van der Waals surface area contributed by atoms with Gasteiger partial charge in [0.1, 0.15) is 0 Å². The molecule has 0 amide bonds. The second kappa shape index (κ2) is 7.98. The predicted molar refractivity (Wildman–Crippen MR) is 77.4 cm³/mol. The van der Waals surface area contributed by atoms with Crippen molar-refractivity contribution < 1.29 is 0 Å². The number of thioether (sulfide) groups is 1. The molecule has 0 spiro atoms. The number of hydrazine groups is 1. The molecule has 0 aliphatic rings. The third-order valence-electron chi connectivity index (χ3n) is 2.90. The summed E-state index contributed by atoms with van der Waals surface area (Å²) in [5.74, 6) is 7.23. The Balaban J connectivity index is 2.45. The van der Waals surface area contributed by atoms with Crippen molar-refractivity contribution in [1.82, 2.24) is 5.43 Å². The van der Waals surface area contributed by atoms with Crippen LogP contribution >= 0.6 is 23.4 Å². The number of rotatable bonds is 7. The minimum absolute atomic E-state index is 0.339. The van der Waals surface area contributed by atoms with E-state index in [1.807, 2.05) is 24.3 Å². The van der Waals surface area contributed by atoms with E-state index in [1.165, 1.54) is 6.42 Å². The van der Waals surface area contributed by atoms with E-state index in [4.69, 9.17) is 17.4 Å². The molecule has 1 aromatic carbocycles. The maximum Gasteiger partial charge on any atom is 0.0541 e. The third-order valence-corrected chi connectivity index (χ3v) is 4.57. The summed E-state index contributed by atoms with van der Waals surface area (Å²) < 4.78 is 0. The Labute approximate surface area is 113 Å². The van der Waals surface area contributed by atoms with Crippen LogP contribution in [0.4, 0.5) is 0 Å². The Bertz CT molecular complexity index is 333. The molecule has 4 heteroatoms. The van der Waals surface area contributed by atoms with E-state index in [1.54, 1.807) is 11.8 Å². The van der Waals surface area contributed by atoms with Crippen LogP contribution in [0.2, 0.25) is 5.02 Å². The van der Waals surface area contributed by atoms with Crippen LogP contribution < -0.4 is 11.3 Å². The molecule has 0 saturated heterocycles. The van der Waals surface area contributed by atoms with Crippen LogP contribution in [0.1, 0.15) is 26.7 Å². The summed E-state index contributed by atoms with van der Waals surface area (Å²) in [6, 6.07) is 8.26. The number of nitrogens with two attached hydrogens (primary N) is 1. The summed E-state index contributed by atoms with van der Waals surface area (Å²) in [6.45, 7) is 4.46. The van der Waals surface area contributed by atoms with Crippen LogP contribution in [0.3, 0.4) is 0 Å². The van der Waals surface area contributed by atoms with Gasteiger partial charge < -0.3 is 0 Å². The van der Waals surface area contributed by atoms with Gasteiger partial charge in [-0.15, -0.1) is 11.8 Å². The summed E-state index contributed by atoms with van der Waals surface area (Å²) in [5, 5.41) is 0.816. The predicted octanol–water partition coefficient (Wildman–Crippen LogP) is 3.70. The van der Waals surface area contributed by atoms with Crippen LogP contribution in [0, 0.1) is 5.92 Å². The van der Waals surface area contributed by atoms with Crippen molar-refractivity contribution >= 4 is 23.4 Å². The fourth-order valence-corrected chi connectivity index (χ4v) is 2.88. The van der Waals surface area contributed by atoms with Crippen molar-refractivity contribution in [2.75, 3.05) is 5.75 Å². The van der Waals surface area contributed by atoms with E-state index >= 15 is 0 Å². The van der Waals surface area contributed by atoms with E-state index in [-0.39, 0.29) is 0 Å². The highest BCUT2D eigenvalue weighted by Gasteiger charge is 2.11. The monoisotopic (exact) mass is 272 g/mol. The number of nitrogens with one attached hydrogen (secondary N) is 1. The van der Waals surface area contributed by atoms with Gasteiger partial charge in [-0.1, -0.05) is 44.0 Å². The highest BCUT2D eigenvalue weighted by molar-refractivity contribution is 7.99. The summed E-state index contributed by atoms with van der Waals surface area (Å²) >= 11 is 7.87. The van der Waals surface area contributed by atoms with Crippen LogP contribution in [0.25, 0.3) is 0 Å². The minimum atomic E-state index is 0.339. The SMILES string of the molecule is CCC(C)CC(CSc1ccccc1Cl)NN. The van der Waals surface area contributed by atoms with Crippen molar-refractivity contribution in [3.8, 4) is 0 Å². The number of halogens is 1. The molecule has 0 radical (unpaired) electrons. The van der Waals surface area contributed by atoms with Gasteiger partial charge in [0.2, 0.25) is 0 Å². The Morgan fingerprint density at radius 3 is 2.71 bits per heavy atom. The zero-order valence-corrected chi connectivity index (χ0v) is 12.0. The first-order valence-electron chi connectivity index (χ1n) is 6.00. The van der Waals surface area contributed by atoms with Crippen LogP contribution in [-0.4, -0.2) is 11.8 Å². The number of hydrogen-bond acceptors (Lipinski definition) is 3. The maximum atomic E-state index is 6.11. The molecular formula is C13H21ClN2S. The first-order valence-corrected chi connectivity index (χ1v) is 7.37. The van der Waals surface area contributed by atoms with Gasteiger partial charge in [0, 0.05) is 16.7 Å². The summed E-state index contributed by atoms with van der Waals surface area (Å²) in [6.07, 6.45) is 2.29. The number of benzene rings is 1. The molecule has 1 aromatic rings.